The molecule has 2 aliphatic rings. The Morgan fingerprint density at radius 3 is 2.67 bits per heavy atom. The molecule has 3 unspecified atom stereocenters. The monoisotopic (exact) mass is 207 g/mol. The molecule has 0 aromatic rings. The zero-order valence-corrected chi connectivity index (χ0v) is 8.82. The summed E-state index contributed by atoms with van der Waals surface area (Å²) in [6.45, 7) is 11.1. The quantitative estimate of drug-likeness (QED) is 0.483. The van der Waals surface area contributed by atoms with Crippen LogP contribution >= 0.6 is 0 Å². The first-order chi connectivity index (χ1) is 6.94. The summed E-state index contributed by atoms with van der Waals surface area (Å²) in [4.78, 5) is 0. The average molecular weight is 207 g/mol. The van der Waals surface area contributed by atoms with Crippen molar-refractivity contribution < 1.29 is 14.2 Å². The Kier molecular flexibility index (Phi) is 2.19. The highest BCUT2D eigenvalue weighted by Crippen LogP contribution is 2.41. The Labute approximate surface area is 88.7 Å². The molecule has 2 rings (SSSR count). The fourth-order valence-electron chi connectivity index (χ4n) is 1.82. The Morgan fingerprint density at radius 2 is 2.13 bits per heavy atom. The fraction of sp³-hybridized carbons (Fsp3) is 0.545. The fourth-order valence-corrected chi connectivity index (χ4v) is 1.82. The number of nitriles is 1. The largest absolute Gasteiger partial charge is 0.337 e. The standard InChI is InChI=1S/C11H13NO3/c1-6(5-12)8-7(2)9-10(13-8)15-11(3,4)14-9/h8-10H,1-2H2,3-4H3. The second-order valence-electron chi connectivity index (χ2n) is 4.15. The van der Waals surface area contributed by atoms with Crippen molar-refractivity contribution in [2.45, 2.75) is 38.1 Å². The SMILES string of the molecule is C=C(C#N)C1OC2OC(C)(C)OC2C1=C. The average Bonchev–Trinajstić information content (AvgIpc) is 2.60. The lowest BCUT2D eigenvalue weighted by Gasteiger charge is -2.20. The Bertz CT molecular complexity index is 367. The van der Waals surface area contributed by atoms with Crippen LogP contribution in [-0.2, 0) is 14.2 Å². The maximum absolute atomic E-state index is 8.73. The highest BCUT2D eigenvalue weighted by atomic mass is 16.8. The molecule has 0 aliphatic carbocycles. The summed E-state index contributed by atoms with van der Waals surface area (Å²) >= 11 is 0. The van der Waals surface area contributed by atoms with E-state index in [-0.39, 0.29) is 6.10 Å². The molecular formula is C11H13NO3. The van der Waals surface area contributed by atoms with Gasteiger partial charge in [0.25, 0.3) is 0 Å². The molecule has 2 saturated heterocycles. The maximum atomic E-state index is 8.73. The zero-order valence-electron chi connectivity index (χ0n) is 8.82. The van der Waals surface area contributed by atoms with Crippen LogP contribution < -0.4 is 0 Å². The first kappa shape index (κ1) is 10.4. The summed E-state index contributed by atoms with van der Waals surface area (Å²) in [5.74, 6) is -0.656. The van der Waals surface area contributed by atoms with Gasteiger partial charge in [0.15, 0.2) is 12.1 Å². The van der Waals surface area contributed by atoms with Gasteiger partial charge in [-0.3, -0.25) is 0 Å². The van der Waals surface area contributed by atoms with Crippen LogP contribution in [0.5, 0.6) is 0 Å². The van der Waals surface area contributed by atoms with Gasteiger partial charge in [-0.15, -0.1) is 0 Å². The predicted molar refractivity (Wildman–Crippen MR) is 52.6 cm³/mol. The van der Waals surface area contributed by atoms with Crippen LogP contribution in [0.25, 0.3) is 0 Å². The van der Waals surface area contributed by atoms with Gasteiger partial charge >= 0.3 is 0 Å². The molecule has 0 saturated carbocycles. The van der Waals surface area contributed by atoms with Gasteiger partial charge in [0.1, 0.15) is 12.2 Å². The van der Waals surface area contributed by atoms with E-state index in [1.807, 2.05) is 19.9 Å². The Hall–Kier alpha value is -1.15. The summed E-state index contributed by atoms with van der Waals surface area (Å²) in [5.41, 5.74) is 1.04. The maximum Gasteiger partial charge on any atom is 0.192 e. The summed E-state index contributed by atoms with van der Waals surface area (Å²) in [6.07, 6.45) is -1.24. The third-order valence-corrected chi connectivity index (χ3v) is 2.49. The Morgan fingerprint density at radius 1 is 1.47 bits per heavy atom. The van der Waals surface area contributed by atoms with Crippen molar-refractivity contribution in [3.05, 3.63) is 24.3 Å². The second-order valence-corrected chi connectivity index (χ2v) is 4.15. The number of ether oxygens (including phenoxy) is 3. The van der Waals surface area contributed by atoms with E-state index in [1.165, 1.54) is 0 Å². The smallest absolute Gasteiger partial charge is 0.192 e. The van der Waals surface area contributed by atoms with Crippen molar-refractivity contribution in [3.8, 4) is 6.07 Å². The lowest BCUT2D eigenvalue weighted by atomic mass is 10.0. The van der Waals surface area contributed by atoms with E-state index in [0.29, 0.717) is 11.1 Å². The molecule has 0 bridgehead atoms. The van der Waals surface area contributed by atoms with Crippen LogP contribution in [0.1, 0.15) is 13.8 Å². The number of nitrogens with zero attached hydrogens (tertiary/aromatic N) is 1. The molecule has 0 spiro atoms. The molecule has 2 heterocycles. The zero-order chi connectivity index (χ0) is 11.2. The summed E-state index contributed by atoms with van der Waals surface area (Å²) in [5, 5.41) is 8.73. The molecule has 4 nitrogen and oxygen atoms in total. The minimum Gasteiger partial charge on any atom is -0.337 e. The molecule has 0 aromatic heterocycles. The van der Waals surface area contributed by atoms with Crippen molar-refractivity contribution in [3.63, 3.8) is 0 Å². The molecule has 80 valence electrons. The van der Waals surface area contributed by atoms with E-state index >= 15 is 0 Å². The third kappa shape index (κ3) is 1.59. The number of rotatable bonds is 1. The van der Waals surface area contributed by atoms with Crippen LogP contribution in [0.4, 0.5) is 0 Å². The van der Waals surface area contributed by atoms with Gasteiger partial charge in [-0.25, -0.2) is 0 Å². The third-order valence-electron chi connectivity index (χ3n) is 2.49. The number of fused-ring (bicyclic) bond motifs is 1. The molecule has 2 aliphatic heterocycles. The molecule has 2 fully saturated rings. The van der Waals surface area contributed by atoms with Crippen LogP contribution in [-0.4, -0.2) is 24.3 Å². The lowest BCUT2D eigenvalue weighted by Crippen LogP contribution is -2.25. The van der Waals surface area contributed by atoms with Gasteiger partial charge in [-0.2, -0.15) is 5.26 Å². The first-order valence-corrected chi connectivity index (χ1v) is 4.73. The van der Waals surface area contributed by atoms with E-state index in [1.54, 1.807) is 0 Å². The first-order valence-electron chi connectivity index (χ1n) is 4.73. The Balaban J connectivity index is 2.16. The predicted octanol–water partition coefficient (Wildman–Crippen LogP) is 1.50. The van der Waals surface area contributed by atoms with Crippen molar-refractivity contribution in [1.29, 1.82) is 5.26 Å². The van der Waals surface area contributed by atoms with Crippen LogP contribution in [0.2, 0.25) is 0 Å². The summed E-state index contributed by atoms with van der Waals surface area (Å²) in [7, 11) is 0. The molecular weight excluding hydrogens is 194 g/mol. The van der Waals surface area contributed by atoms with Crippen LogP contribution in [0, 0.1) is 11.3 Å². The highest BCUT2D eigenvalue weighted by molar-refractivity contribution is 5.35. The molecule has 0 radical (unpaired) electrons. The highest BCUT2D eigenvalue weighted by Gasteiger charge is 2.51. The van der Waals surface area contributed by atoms with Gasteiger partial charge in [0.2, 0.25) is 0 Å². The molecule has 15 heavy (non-hydrogen) atoms. The minimum absolute atomic E-state index is 0.296. The molecule has 0 aromatic carbocycles. The van der Waals surface area contributed by atoms with Gasteiger partial charge < -0.3 is 14.2 Å². The van der Waals surface area contributed by atoms with E-state index in [9.17, 15) is 0 Å². The van der Waals surface area contributed by atoms with E-state index < -0.39 is 18.2 Å². The topological polar surface area (TPSA) is 51.5 Å². The lowest BCUT2D eigenvalue weighted by molar-refractivity contribution is -0.196. The van der Waals surface area contributed by atoms with Crippen molar-refractivity contribution >= 4 is 0 Å². The second kappa shape index (κ2) is 3.17. The van der Waals surface area contributed by atoms with Crippen molar-refractivity contribution in [1.82, 2.24) is 0 Å². The van der Waals surface area contributed by atoms with Crippen molar-refractivity contribution in [2.75, 3.05) is 0 Å². The molecule has 3 atom stereocenters. The normalized spacial score (nSPS) is 37.4. The van der Waals surface area contributed by atoms with E-state index in [2.05, 4.69) is 13.2 Å². The van der Waals surface area contributed by atoms with Gasteiger partial charge in [0, 0.05) is 0 Å². The van der Waals surface area contributed by atoms with Crippen LogP contribution in [0.3, 0.4) is 0 Å². The number of hydrogen-bond donors (Lipinski definition) is 0. The molecule has 0 amide bonds. The minimum atomic E-state index is -0.656. The molecule has 0 N–H and O–H groups in total. The van der Waals surface area contributed by atoms with Gasteiger partial charge in [0.05, 0.1) is 11.6 Å². The van der Waals surface area contributed by atoms with Gasteiger partial charge in [-0.05, 0) is 19.4 Å². The molecule has 4 heteroatoms. The summed E-state index contributed by atoms with van der Waals surface area (Å²) < 4.78 is 16.6. The number of hydrogen-bond acceptors (Lipinski definition) is 4. The van der Waals surface area contributed by atoms with Crippen molar-refractivity contribution in [2.24, 2.45) is 0 Å². The van der Waals surface area contributed by atoms with Crippen LogP contribution in [0.15, 0.2) is 24.3 Å². The summed E-state index contributed by atoms with van der Waals surface area (Å²) in [6, 6.07) is 1.96. The van der Waals surface area contributed by atoms with E-state index in [4.69, 9.17) is 19.5 Å². The van der Waals surface area contributed by atoms with Gasteiger partial charge in [-0.1, -0.05) is 13.2 Å². The van der Waals surface area contributed by atoms with E-state index in [0.717, 1.165) is 0 Å².